The Kier molecular flexibility index (Phi) is 1.62. The molecule has 0 aliphatic heterocycles. The van der Waals surface area contributed by atoms with E-state index in [4.69, 9.17) is 5.73 Å². The molecule has 0 aromatic rings. The highest BCUT2D eigenvalue weighted by Gasteiger charge is 2.20. The first kappa shape index (κ1) is 6.42. The minimum Gasteiger partial charge on any atom is -0.322 e. The summed E-state index contributed by atoms with van der Waals surface area (Å²) in [6.07, 6.45) is 2.27. The van der Waals surface area contributed by atoms with Crippen LogP contribution in [0.4, 0.5) is 8.78 Å². The topological polar surface area (TPSA) is 26.0 Å². The average Bonchev–Trinajstić information content (AvgIpc) is 1.83. The zero-order chi connectivity index (χ0) is 6.85. The summed E-state index contributed by atoms with van der Waals surface area (Å²) in [5.41, 5.74) is 5.13. The molecule has 0 aromatic heterocycles. The summed E-state index contributed by atoms with van der Waals surface area (Å²) in [6, 6.07) is -0.810. The van der Waals surface area contributed by atoms with E-state index in [1.807, 2.05) is 0 Å². The van der Waals surface area contributed by atoms with Crippen LogP contribution in [0.1, 0.15) is 0 Å². The van der Waals surface area contributed by atoms with Gasteiger partial charge < -0.3 is 5.73 Å². The number of hydrogen-bond acceptors (Lipinski definition) is 1. The lowest BCUT2D eigenvalue weighted by atomic mass is 10.1. The first-order valence-corrected chi connectivity index (χ1v) is 2.65. The van der Waals surface area contributed by atoms with Crippen molar-refractivity contribution >= 4 is 0 Å². The molecule has 0 saturated carbocycles. The standard InChI is InChI=1S/C6H7F2N/c7-4-2-1-3-5(9)6(4)8/h1-3,5-6H,9H2. The third kappa shape index (κ3) is 1.16. The van der Waals surface area contributed by atoms with Crippen LogP contribution in [-0.4, -0.2) is 12.2 Å². The van der Waals surface area contributed by atoms with E-state index in [1.165, 1.54) is 12.2 Å². The molecule has 1 aliphatic rings. The maximum Gasteiger partial charge on any atom is 0.170 e. The Morgan fingerprint density at radius 2 is 2.22 bits per heavy atom. The lowest BCUT2D eigenvalue weighted by Crippen LogP contribution is -2.31. The largest absolute Gasteiger partial charge is 0.322 e. The number of rotatable bonds is 0. The molecule has 2 atom stereocenters. The van der Waals surface area contributed by atoms with Crippen LogP contribution in [0.2, 0.25) is 0 Å². The van der Waals surface area contributed by atoms with Crippen molar-refractivity contribution in [1.82, 2.24) is 0 Å². The third-order valence-corrected chi connectivity index (χ3v) is 1.19. The zero-order valence-corrected chi connectivity index (χ0v) is 4.72. The van der Waals surface area contributed by atoms with Crippen molar-refractivity contribution in [1.29, 1.82) is 0 Å². The molecule has 1 rings (SSSR count). The Bertz CT molecular complexity index is 162. The second kappa shape index (κ2) is 2.27. The molecule has 9 heavy (non-hydrogen) atoms. The first-order chi connectivity index (χ1) is 4.22. The molecule has 0 heterocycles. The van der Waals surface area contributed by atoms with Crippen LogP contribution in [0.15, 0.2) is 24.1 Å². The van der Waals surface area contributed by atoms with Gasteiger partial charge in [0.2, 0.25) is 0 Å². The number of nitrogens with two attached hydrogens (primary N) is 1. The highest BCUT2D eigenvalue weighted by molar-refractivity contribution is 5.21. The zero-order valence-electron chi connectivity index (χ0n) is 4.72. The fourth-order valence-corrected chi connectivity index (χ4v) is 0.649. The number of halogens is 2. The van der Waals surface area contributed by atoms with Crippen molar-refractivity contribution in [2.24, 2.45) is 5.73 Å². The number of hydrogen-bond donors (Lipinski definition) is 1. The van der Waals surface area contributed by atoms with Gasteiger partial charge in [-0.15, -0.1) is 0 Å². The highest BCUT2D eigenvalue weighted by Crippen LogP contribution is 2.16. The van der Waals surface area contributed by atoms with Gasteiger partial charge in [-0.05, 0) is 6.08 Å². The van der Waals surface area contributed by atoms with E-state index in [2.05, 4.69) is 0 Å². The van der Waals surface area contributed by atoms with Gasteiger partial charge in [0.05, 0.1) is 6.04 Å². The summed E-state index contributed by atoms with van der Waals surface area (Å²) in [6.45, 7) is 0. The molecule has 0 saturated heterocycles. The highest BCUT2D eigenvalue weighted by atomic mass is 19.2. The Morgan fingerprint density at radius 3 is 2.67 bits per heavy atom. The minimum atomic E-state index is -1.64. The summed E-state index contributed by atoms with van der Waals surface area (Å²) in [5.74, 6) is -0.787. The molecular weight excluding hydrogens is 124 g/mol. The van der Waals surface area contributed by atoms with Crippen LogP contribution in [0.5, 0.6) is 0 Å². The van der Waals surface area contributed by atoms with Gasteiger partial charge in [0.15, 0.2) is 6.17 Å². The van der Waals surface area contributed by atoms with Gasteiger partial charge in [0.25, 0.3) is 0 Å². The van der Waals surface area contributed by atoms with Crippen molar-refractivity contribution in [3.05, 3.63) is 24.1 Å². The van der Waals surface area contributed by atoms with Gasteiger partial charge in [0.1, 0.15) is 5.83 Å². The van der Waals surface area contributed by atoms with Gasteiger partial charge in [-0.1, -0.05) is 12.2 Å². The van der Waals surface area contributed by atoms with E-state index in [9.17, 15) is 8.78 Å². The van der Waals surface area contributed by atoms with Gasteiger partial charge >= 0.3 is 0 Å². The Hall–Kier alpha value is -0.700. The summed E-state index contributed by atoms with van der Waals surface area (Å²) in [4.78, 5) is 0. The lowest BCUT2D eigenvalue weighted by molar-refractivity contribution is 0.300. The summed E-state index contributed by atoms with van der Waals surface area (Å²) in [7, 11) is 0. The number of allylic oxidation sites excluding steroid dienone is 2. The van der Waals surface area contributed by atoms with Crippen molar-refractivity contribution in [3.8, 4) is 0 Å². The molecule has 0 amide bonds. The molecule has 0 radical (unpaired) electrons. The Morgan fingerprint density at radius 1 is 1.56 bits per heavy atom. The third-order valence-electron chi connectivity index (χ3n) is 1.19. The van der Waals surface area contributed by atoms with Crippen LogP contribution in [0.3, 0.4) is 0 Å². The van der Waals surface area contributed by atoms with Crippen LogP contribution < -0.4 is 5.73 Å². The van der Waals surface area contributed by atoms with Crippen LogP contribution in [0.25, 0.3) is 0 Å². The van der Waals surface area contributed by atoms with E-state index in [-0.39, 0.29) is 0 Å². The SMILES string of the molecule is NC1C=CC=C(F)C1F. The molecule has 3 heteroatoms. The molecule has 50 valence electrons. The summed E-state index contributed by atoms with van der Waals surface area (Å²) < 4.78 is 24.5. The fraction of sp³-hybridized carbons (Fsp3) is 0.333. The molecule has 1 aliphatic carbocycles. The van der Waals surface area contributed by atoms with Gasteiger partial charge in [-0.25, -0.2) is 8.78 Å². The molecule has 0 aromatic carbocycles. The first-order valence-electron chi connectivity index (χ1n) is 2.65. The minimum absolute atomic E-state index is 0.787. The second-order valence-corrected chi connectivity index (χ2v) is 1.92. The van der Waals surface area contributed by atoms with E-state index in [1.54, 1.807) is 0 Å². The van der Waals surface area contributed by atoms with E-state index in [0.717, 1.165) is 6.08 Å². The van der Waals surface area contributed by atoms with E-state index >= 15 is 0 Å². The lowest BCUT2D eigenvalue weighted by Gasteiger charge is -2.13. The van der Waals surface area contributed by atoms with Crippen LogP contribution in [-0.2, 0) is 0 Å². The summed E-state index contributed by atoms with van der Waals surface area (Å²) >= 11 is 0. The molecule has 1 nitrogen and oxygen atoms in total. The van der Waals surface area contributed by atoms with Crippen molar-refractivity contribution < 1.29 is 8.78 Å². The van der Waals surface area contributed by atoms with Crippen LogP contribution >= 0.6 is 0 Å². The maximum atomic E-state index is 12.4. The molecule has 2 N–H and O–H groups in total. The van der Waals surface area contributed by atoms with E-state index < -0.39 is 18.0 Å². The second-order valence-electron chi connectivity index (χ2n) is 1.92. The summed E-state index contributed by atoms with van der Waals surface area (Å²) in [5, 5.41) is 0. The fourth-order valence-electron chi connectivity index (χ4n) is 0.649. The number of alkyl halides is 1. The normalized spacial score (nSPS) is 34.3. The molecule has 0 spiro atoms. The monoisotopic (exact) mass is 131 g/mol. The molecule has 0 bridgehead atoms. The van der Waals surface area contributed by atoms with Crippen molar-refractivity contribution in [3.63, 3.8) is 0 Å². The molecular formula is C6H7F2N. The van der Waals surface area contributed by atoms with Gasteiger partial charge in [-0.3, -0.25) is 0 Å². The van der Waals surface area contributed by atoms with Crippen molar-refractivity contribution in [2.45, 2.75) is 12.2 Å². The smallest absolute Gasteiger partial charge is 0.170 e. The predicted molar refractivity (Wildman–Crippen MR) is 31.2 cm³/mol. The predicted octanol–water partition coefficient (Wildman–Crippen LogP) is 1.08. The quantitative estimate of drug-likeness (QED) is 0.523. The molecule has 2 unspecified atom stereocenters. The Labute approximate surface area is 51.8 Å². The van der Waals surface area contributed by atoms with Crippen LogP contribution in [0, 0.1) is 0 Å². The van der Waals surface area contributed by atoms with E-state index in [0.29, 0.717) is 0 Å². The van der Waals surface area contributed by atoms with Gasteiger partial charge in [0, 0.05) is 0 Å². The Balaban J connectivity index is 2.73. The molecule has 0 fully saturated rings. The van der Waals surface area contributed by atoms with Gasteiger partial charge in [-0.2, -0.15) is 0 Å². The average molecular weight is 131 g/mol. The van der Waals surface area contributed by atoms with Crippen molar-refractivity contribution in [2.75, 3.05) is 0 Å². The maximum absolute atomic E-state index is 12.4.